The molecule has 0 spiro atoms. The van der Waals surface area contributed by atoms with Crippen molar-refractivity contribution in [1.29, 1.82) is 0 Å². The number of carbonyl (C=O) groups is 1. The molecule has 1 aliphatic rings. The molecule has 4 heteroatoms. The van der Waals surface area contributed by atoms with Crippen molar-refractivity contribution >= 4 is 27.6 Å². The number of benzene rings is 1. The lowest BCUT2D eigenvalue weighted by atomic mass is 10.2. The SMILES string of the molecule is CC1CCCN1c1ccc(C(=O)O)cc1Br. The standard InChI is InChI=1S/C12H14BrNO2/c1-8-3-2-6-14(8)11-5-4-9(12(15)16)7-10(11)13/h4-5,7-8H,2-3,6H2,1H3,(H,15,16). The van der Waals surface area contributed by atoms with Gasteiger partial charge in [0.2, 0.25) is 0 Å². The van der Waals surface area contributed by atoms with E-state index < -0.39 is 5.97 Å². The van der Waals surface area contributed by atoms with E-state index in [1.54, 1.807) is 12.1 Å². The highest BCUT2D eigenvalue weighted by atomic mass is 79.9. The van der Waals surface area contributed by atoms with Gasteiger partial charge >= 0.3 is 5.97 Å². The molecule has 1 aromatic rings. The molecule has 1 aliphatic heterocycles. The lowest BCUT2D eigenvalue weighted by Gasteiger charge is -2.25. The number of aromatic carboxylic acids is 1. The second-order valence-electron chi connectivity index (χ2n) is 4.16. The van der Waals surface area contributed by atoms with Crippen LogP contribution in [0.4, 0.5) is 5.69 Å². The molecule has 16 heavy (non-hydrogen) atoms. The van der Waals surface area contributed by atoms with Crippen LogP contribution in [0.5, 0.6) is 0 Å². The van der Waals surface area contributed by atoms with Crippen molar-refractivity contribution in [2.24, 2.45) is 0 Å². The maximum Gasteiger partial charge on any atom is 0.335 e. The number of rotatable bonds is 2. The van der Waals surface area contributed by atoms with E-state index in [1.807, 2.05) is 6.07 Å². The molecule has 86 valence electrons. The summed E-state index contributed by atoms with van der Waals surface area (Å²) in [5, 5.41) is 8.88. The number of carboxylic acids is 1. The first-order valence-electron chi connectivity index (χ1n) is 5.39. The zero-order chi connectivity index (χ0) is 11.7. The third-order valence-electron chi connectivity index (χ3n) is 3.06. The lowest BCUT2D eigenvalue weighted by molar-refractivity contribution is 0.0697. The van der Waals surface area contributed by atoms with Crippen LogP contribution in [0.25, 0.3) is 0 Å². The Morgan fingerprint density at radius 3 is 2.81 bits per heavy atom. The van der Waals surface area contributed by atoms with Crippen LogP contribution in [0.2, 0.25) is 0 Å². The van der Waals surface area contributed by atoms with Crippen LogP contribution in [-0.2, 0) is 0 Å². The first-order chi connectivity index (χ1) is 7.59. The topological polar surface area (TPSA) is 40.5 Å². The normalized spacial score (nSPS) is 20.1. The van der Waals surface area contributed by atoms with E-state index in [0.717, 1.165) is 16.7 Å². The molecule has 0 aromatic heterocycles. The van der Waals surface area contributed by atoms with E-state index in [0.29, 0.717) is 11.6 Å². The summed E-state index contributed by atoms with van der Waals surface area (Å²) < 4.78 is 0.862. The molecule has 1 saturated heterocycles. The Balaban J connectivity index is 2.32. The third kappa shape index (κ3) is 2.07. The largest absolute Gasteiger partial charge is 0.478 e. The Morgan fingerprint density at radius 1 is 1.56 bits per heavy atom. The molecule has 0 aliphatic carbocycles. The highest BCUT2D eigenvalue weighted by Crippen LogP contribution is 2.32. The van der Waals surface area contributed by atoms with Crippen LogP contribution in [0.1, 0.15) is 30.1 Å². The van der Waals surface area contributed by atoms with Gasteiger partial charge in [0.25, 0.3) is 0 Å². The number of anilines is 1. The molecule has 0 amide bonds. The predicted molar refractivity (Wildman–Crippen MR) is 67.1 cm³/mol. The molecule has 1 unspecified atom stereocenters. The molecule has 1 atom stereocenters. The van der Waals surface area contributed by atoms with E-state index in [-0.39, 0.29) is 0 Å². The second kappa shape index (κ2) is 4.45. The van der Waals surface area contributed by atoms with Crippen LogP contribution in [0.3, 0.4) is 0 Å². The summed E-state index contributed by atoms with van der Waals surface area (Å²) >= 11 is 3.45. The van der Waals surface area contributed by atoms with Gasteiger partial charge in [-0.3, -0.25) is 0 Å². The van der Waals surface area contributed by atoms with Gasteiger partial charge in [0.1, 0.15) is 0 Å². The molecule has 0 radical (unpaired) electrons. The van der Waals surface area contributed by atoms with E-state index >= 15 is 0 Å². The zero-order valence-corrected chi connectivity index (χ0v) is 10.7. The lowest BCUT2D eigenvalue weighted by Crippen LogP contribution is -2.26. The quantitative estimate of drug-likeness (QED) is 0.907. The summed E-state index contributed by atoms with van der Waals surface area (Å²) in [7, 11) is 0. The third-order valence-corrected chi connectivity index (χ3v) is 3.69. The van der Waals surface area contributed by atoms with Crippen molar-refractivity contribution in [3.8, 4) is 0 Å². The van der Waals surface area contributed by atoms with Gasteiger partial charge in [0, 0.05) is 17.1 Å². The van der Waals surface area contributed by atoms with Crippen LogP contribution in [0, 0.1) is 0 Å². The van der Waals surface area contributed by atoms with E-state index in [4.69, 9.17) is 5.11 Å². The molecular weight excluding hydrogens is 270 g/mol. The fraction of sp³-hybridized carbons (Fsp3) is 0.417. The molecule has 1 fully saturated rings. The van der Waals surface area contributed by atoms with E-state index in [1.165, 1.54) is 12.8 Å². The Hall–Kier alpha value is -1.03. The summed E-state index contributed by atoms with van der Waals surface area (Å²) in [5.41, 5.74) is 1.41. The zero-order valence-electron chi connectivity index (χ0n) is 9.11. The predicted octanol–water partition coefficient (Wildman–Crippen LogP) is 3.14. The highest BCUT2D eigenvalue weighted by Gasteiger charge is 2.22. The Bertz CT molecular complexity index is 419. The van der Waals surface area contributed by atoms with Crippen molar-refractivity contribution in [2.75, 3.05) is 11.4 Å². The van der Waals surface area contributed by atoms with Gasteiger partial charge in [-0.2, -0.15) is 0 Å². The molecule has 3 nitrogen and oxygen atoms in total. The second-order valence-corrected chi connectivity index (χ2v) is 5.01. The summed E-state index contributed by atoms with van der Waals surface area (Å²) in [6, 6.07) is 5.75. The molecule has 1 heterocycles. The van der Waals surface area contributed by atoms with Crippen LogP contribution < -0.4 is 4.90 Å². The first kappa shape index (κ1) is 11.5. The number of carboxylic acid groups (broad SMARTS) is 1. The number of halogens is 1. The minimum absolute atomic E-state index is 0.322. The Labute approximate surface area is 103 Å². The van der Waals surface area contributed by atoms with Gasteiger partial charge in [-0.25, -0.2) is 4.79 Å². The maximum absolute atomic E-state index is 10.8. The minimum atomic E-state index is -0.887. The first-order valence-corrected chi connectivity index (χ1v) is 6.18. The van der Waals surface area contributed by atoms with Crippen molar-refractivity contribution < 1.29 is 9.90 Å². The van der Waals surface area contributed by atoms with Gasteiger partial charge in [-0.05, 0) is 53.9 Å². The average Bonchev–Trinajstić information content (AvgIpc) is 2.64. The van der Waals surface area contributed by atoms with Gasteiger partial charge in [0.05, 0.1) is 11.3 Å². The molecular formula is C12H14BrNO2. The van der Waals surface area contributed by atoms with Gasteiger partial charge < -0.3 is 10.0 Å². The van der Waals surface area contributed by atoms with Crippen molar-refractivity contribution in [1.82, 2.24) is 0 Å². The Morgan fingerprint density at radius 2 is 2.31 bits per heavy atom. The molecule has 1 aromatic carbocycles. The monoisotopic (exact) mass is 283 g/mol. The van der Waals surface area contributed by atoms with E-state index in [9.17, 15) is 4.79 Å². The van der Waals surface area contributed by atoms with E-state index in [2.05, 4.69) is 27.8 Å². The van der Waals surface area contributed by atoms with Gasteiger partial charge in [0.15, 0.2) is 0 Å². The smallest absolute Gasteiger partial charge is 0.335 e. The number of hydrogen-bond acceptors (Lipinski definition) is 2. The molecule has 0 bridgehead atoms. The molecule has 0 saturated carbocycles. The maximum atomic E-state index is 10.8. The van der Waals surface area contributed by atoms with Gasteiger partial charge in [-0.1, -0.05) is 0 Å². The van der Waals surface area contributed by atoms with Crippen molar-refractivity contribution in [3.63, 3.8) is 0 Å². The fourth-order valence-corrected chi connectivity index (χ4v) is 2.77. The van der Waals surface area contributed by atoms with Crippen LogP contribution in [0.15, 0.2) is 22.7 Å². The van der Waals surface area contributed by atoms with Crippen LogP contribution in [-0.4, -0.2) is 23.7 Å². The highest BCUT2D eigenvalue weighted by molar-refractivity contribution is 9.10. The van der Waals surface area contributed by atoms with Crippen molar-refractivity contribution in [3.05, 3.63) is 28.2 Å². The molecule has 1 N–H and O–H groups in total. The minimum Gasteiger partial charge on any atom is -0.478 e. The van der Waals surface area contributed by atoms with Gasteiger partial charge in [-0.15, -0.1) is 0 Å². The van der Waals surface area contributed by atoms with Crippen molar-refractivity contribution in [2.45, 2.75) is 25.8 Å². The number of nitrogens with zero attached hydrogens (tertiary/aromatic N) is 1. The summed E-state index contributed by atoms with van der Waals surface area (Å²) in [5.74, 6) is -0.887. The summed E-state index contributed by atoms with van der Waals surface area (Å²) in [4.78, 5) is 13.1. The average molecular weight is 284 g/mol. The van der Waals surface area contributed by atoms with Crippen LogP contribution >= 0.6 is 15.9 Å². The fourth-order valence-electron chi connectivity index (χ4n) is 2.16. The Kier molecular flexibility index (Phi) is 3.19. The molecule has 2 rings (SSSR count). The summed E-state index contributed by atoms with van der Waals surface area (Å²) in [6.07, 6.45) is 2.40. The number of hydrogen-bond donors (Lipinski definition) is 1. The summed E-state index contributed by atoms with van der Waals surface area (Å²) in [6.45, 7) is 3.25.